The van der Waals surface area contributed by atoms with Gasteiger partial charge in [0.15, 0.2) is 0 Å². The van der Waals surface area contributed by atoms with Crippen LogP contribution in [0, 0.1) is 5.25 Å². The molecule has 0 aliphatic carbocycles. The first kappa shape index (κ1) is 17.5. The Morgan fingerprint density at radius 3 is 1.47 bits per heavy atom. The first-order chi connectivity index (χ1) is 8.06. The summed E-state index contributed by atoms with van der Waals surface area (Å²) in [6.07, 6.45) is 15.9. The van der Waals surface area contributed by atoms with Crippen molar-refractivity contribution < 1.29 is 0 Å². The van der Waals surface area contributed by atoms with Crippen molar-refractivity contribution in [2.24, 2.45) is 0 Å². The zero-order chi connectivity index (χ0) is 13.0. The van der Waals surface area contributed by atoms with Crippen molar-refractivity contribution >= 4 is 13.3 Å². The second-order valence-corrected chi connectivity index (χ2v) is 17.3. The molecular weight excluding hydrogens is 265 g/mol. The van der Waals surface area contributed by atoms with Crippen LogP contribution in [0.1, 0.15) is 77.6 Å². The summed E-state index contributed by atoms with van der Waals surface area (Å²) >= 11 is -1.33. The van der Waals surface area contributed by atoms with E-state index in [1.165, 1.54) is 70.6 Å². The molecule has 0 aliphatic rings. The quantitative estimate of drug-likeness (QED) is 0.290. The van der Waals surface area contributed by atoms with Crippen molar-refractivity contribution in [2.45, 2.75) is 94.8 Å². The molecular formula is C16H35Ge. The fourth-order valence-electron chi connectivity index (χ4n) is 2.17. The van der Waals surface area contributed by atoms with Crippen LogP contribution >= 0.6 is 0 Å². The van der Waals surface area contributed by atoms with E-state index in [0.29, 0.717) is 0 Å². The molecule has 0 atom stereocenters. The van der Waals surface area contributed by atoms with Crippen molar-refractivity contribution in [1.29, 1.82) is 0 Å². The second-order valence-electron chi connectivity index (χ2n) is 6.54. The predicted molar refractivity (Wildman–Crippen MR) is 84.1 cm³/mol. The average Bonchev–Trinajstić information content (AvgIpc) is 2.24. The van der Waals surface area contributed by atoms with Crippen molar-refractivity contribution in [3.63, 3.8) is 0 Å². The van der Waals surface area contributed by atoms with Gasteiger partial charge in [-0.25, -0.2) is 0 Å². The van der Waals surface area contributed by atoms with Gasteiger partial charge in [0, 0.05) is 0 Å². The normalized spacial score (nSPS) is 12.0. The van der Waals surface area contributed by atoms with Gasteiger partial charge in [-0.1, -0.05) is 6.92 Å². The van der Waals surface area contributed by atoms with Gasteiger partial charge in [0.1, 0.15) is 0 Å². The molecule has 0 rings (SSSR count). The Morgan fingerprint density at radius 1 is 0.647 bits per heavy atom. The maximum absolute atomic E-state index is 2.66. The van der Waals surface area contributed by atoms with Gasteiger partial charge in [0.05, 0.1) is 0 Å². The van der Waals surface area contributed by atoms with E-state index in [9.17, 15) is 0 Å². The molecule has 17 heavy (non-hydrogen) atoms. The predicted octanol–water partition coefficient (Wildman–Crippen LogP) is 6.38. The Balaban J connectivity index is 2.99. The SMILES string of the molecule is CCCCCCCCCCCC[CH][Ge]([CH3])([CH3])[CH3]. The molecule has 0 unspecified atom stereocenters. The standard InChI is InChI=1S/C16H35Ge/c1-5-6-7-8-9-10-11-12-13-14-15-16-17(2,3)4/h16H,5-15H2,1-4H3. The molecule has 0 fully saturated rings. The first-order valence-electron chi connectivity index (χ1n) is 7.90. The summed E-state index contributed by atoms with van der Waals surface area (Å²) in [5.74, 6) is 7.45. The Labute approximate surface area is 113 Å². The molecule has 0 aromatic carbocycles. The van der Waals surface area contributed by atoms with E-state index in [4.69, 9.17) is 0 Å². The van der Waals surface area contributed by atoms with Crippen molar-refractivity contribution in [2.75, 3.05) is 0 Å². The third-order valence-corrected chi connectivity index (χ3v) is 6.49. The molecule has 0 N–H and O–H groups in total. The summed E-state index contributed by atoms with van der Waals surface area (Å²) in [7, 11) is 0. The van der Waals surface area contributed by atoms with Crippen LogP contribution in [0.15, 0.2) is 0 Å². The average molecular weight is 300 g/mol. The van der Waals surface area contributed by atoms with Crippen molar-refractivity contribution in [3.8, 4) is 0 Å². The monoisotopic (exact) mass is 301 g/mol. The summed E-state index contributed by atoms with van der Waals surface area (Å²) in [6.45, 7) is 2.29. The Morgan fingerprint density at radius 2 is 1.06 bits per heavy atom. The summed E-state index contributed by atoms with van der Waals surface area (Å²) in [4.78, 5) is 0. The van der Waals surface area contributed by atoms with Gasteiger partial charge < -0.3 is 0 Å². The summed E-state index contributed by atoms with van der Waals surface area (Å²) in [5, 5.41) is 2.66. The fraction of sp³-hybridized carbons (Fsp3) is 0.938. The second kappa shape index (κ2) is 11.6. The van der Waals surface area contributed by atoms with Gasteiger partial charge in [-0.3, -0.25) is 0 Å². The van der Waals surface area contributed by atoms with Crippen LogP contribution < -0.4 is 0 Å². The van der Waals surface area contributed by atoms with E-state index in [0.717, 1.165) is 0 Å². The van der Waals surface area contributed by atoms with E-state index in [1.807, 2.05) is 0 Å². The van der Waals surface area contributed by atoms with Gasteiger partial charge in [-0.05, 0) is 0 Å². The van der Waals surface area contributed by atoms with Crippen LogP contribution in [0.5, 0.6) is 0 Å². The van der Waals surface area contributed by atoms with Crippen molar-refractivity contribution in [1.82, 2.24) is 0 Å². The molecule has 0 saturated carbocycles. The first-order valence-corrected chi connectivity index (χ1v) is 15.4. The van der Waals surface area contributed by atoms with Crippen LogP contribution in [-0.4, -0.2) is 13.3 Å². The van der Waals surface area contributed by atoms with Gasteiger partial charge >= 0.3 is 106 Å². The number of rotatable bonds is 12. The van der Waals surface area contributed by atoms with Gasteiger partial charge in [-0.2, -0.15) is 0 Å². The topological polar surface area (TPSA) is 0 Å². The Hall–Kier alpha value is 0.543. The van der Waals surface area contributed by atoms with Crippen molar-refractivity contribution in [3.05, 3.63) is 5.25 Å². The van der Waals surface area contributed by atoms with Gasteiger partial charge in [-0.15, -0.1) is 0 Å². The molecule has 0 bridgehead atoms. The minimum atomic E-state index is -1.33. The zero-order valence-electron chi connectivity index (χ0n) is 12.9. The van der Waals surface area contributed by atoms with Crippen LogP contribution in [0.25, 0.3) is 0 Å². The molecule has 0 heterocycles. The molecule has 103 valence electrons. The molecule has 0 amide bonds. The van der Waals surface area contributed by atoms with E-state index < -0.39 is 13.3 Å². The third kappa shape index (κ3) is 16.5. The van der Waals surface area contributed by atoms with Gasteiger partial charge in [0.2, 0.25) is 0 Å². The number of hydrogen-bond acceptors (Lipinski definition) is 0. The van der Waals surface area contributed by atoms with Crippen LogP contribution in [-0.2, 0) is 0 Å². The summed E-state index contributed by atoms with van der Waals surface area (Å²) < 4.78 is 0. The van der Waals surface area contributed by atoms with E-state index in [-0.39, 0.29) is 0 Å². The van der Waals surface area contributed by atoms with E-state index >= 15 is 0 Å². The molecule has 0 spiro atoms. The molecule has 0 aromatic rings. The molecule has 1 heteroatoms. The summed E-state index contributed by atoms with van der Waals surface area (Å²) in [5.41, 5.74) is 0. The van der Waals surface area contributed by atoms with E-state index in [2.05, 4.69) is 29.4 Å². The molecule has 0 saturated heterocycles. The third-order valence-electron chi connectivity index (χ3n) is 3.31. The summed E-state index contributed by atoms with van der Waals surface area (Å²) in [6, 6.07) is 0. The zero-order valence-corrected chi connectivity index (χ0v) is 15.0. The number of hydrogen-bond donors (Lipinski definition) is 0. The minimum absolute atomic E-state index is 1.33. The molecule has 1 radical (unpaired) electrons. The Bertz CT molecular complexity index is 146. The Kier molecular flexibility index (Phi) is 12.0. The van der Waals surface area contributed by atoms with E-state index in [1.54, 1.807) is 0 Å². The van der Waals surface area contributed by atoms with Crippen LogP contribution in [0.3, 0.4) is 0 Å². The van der Waals surface area contributed by atoms with Crippen LogP contribution in [0.4, 0.5) is 0 Å². The molecule has 0 aliphatic heterocycles. The van der Waals surface area contributed by atoms with Crippen LogP contribution in [0.2, 0.25) is 17.3 Å². The number of unbranched alkanes of at least 4 members (excludes halogenated alkanes) is 10. The maximum atomic E-state index is 2.66. The van der Waals surface area contributed by atoms with Gasteiger partial charge in [0.25, 0.3) is 0 Å². The molecule has 0 aromatic heterocycles. The molecule has 0 nitrogen and oxygen atoms in total. The fourth-order valence-corrected chi connectivity index (χ4v) is 4.41.